The van der Waals surface area contributed by atoms with E-state index in [-0.39, 0.29) is 17.9 Å². The number of hydrogen-bond donors (Lipinski definition) is 1. The molecule has 1 amide bonds. The van der Waals surface area contributed by atoms with Gasteiger partial charge < -0.3 is 10.1 Å². The Balaban J connectivity index is 1.37. The van der Waals surface area contributed by atoms with Crippen LogP contribution in [0.5, 0.6) is 5.88 Å². The molecule has 3 aromatic rings. The predicted octanol–water partition coefficient (Wildman–Crippen LogP) is 4.27. The lowest BCUT2D eigenvalue weighted by atomic mass is 9.86. The van der Waals surface area contributed by atoms with E-state index in [1.54, 1.807) is 13.1 Å². The molecule has 2 aliphatic rings. The number of carbonyl (C=O) groups excluding carboxylic acids is 1. The van der Waals surface area contributed by atoms with Gasteiger partial charge >= 0.3 is 0 Å². The number of halogens is 1. The molecule has 0 spiro atoms. The van der Waals surface area contributed by atoms with Crippen LogP contribution in [0.2, 0.25) is 5.02 Å². The minimum absolute atomic E-state index is 0.0163. The number of pyridine rings is 1. The predicted molar refractivity (Wildman–Crippen MR) is 126 cm³/mol. The Bertz CT molecular complexity index is 1130. The van der Waals surface area contributed by atoms with Crippen molar-refractivity contribution in [3.63, 3.8) is 0 Å². The molecule has 1 atom stereocenters. The molecule has 1 N–H and O–H groups in total. The van der Waals surface area contributed by atoms with E-state index in [4.69, 9.17) is 16.3 Å². The van der Waals surface area contributed by atoms with E-state index in [0.717, 1.165) is 60.9 Å². The molecule has 0 saturated heterocycles. The topological polar surface area (TPSA) is 81.9 Å². The fourth-order valence-electron chi connectivity index (χ4n) is 5.03. The summed E-state index contributed by atoms with van der Waals surface area (Å²) in [5.41, 5.74) is 2.27. The smallest absolute Gasteiger partial charge is 0.216 e. The van der Waals surface area contributed by atoms with Crippen LogP contribution in [-0.2, 0) is 17.6 Å². The van der Waals surface area contributed by atoms with E-state index in [0.29, 0.717) is 18.3 Å². The number of carbonyl (C=O) groups is 1. The van der Waals surface area contributed by atoms with E-state index >= 15 is 0 Å². The number of hydrogen-bond acceptors (Lipinski definition) is 5. The second-order valence-electron chi connectivity index (χ2n) is 9.05. The summed E-state index contributed by atoms with van der Waals surface area (Å²) in [7, 11) is 0. The molecule has 1 aliphatic carbocycles. The lowest BCUT2D eigenvalue weighted by Gasteiger charge is -2.28. The highest BCUT2D eigenvalue weighted by molar-refractivity contribution is 6.30. The second kappa shape index (κ2) is 9.51. The Kier molecular flexibility index (Phi) is 6.31. The molecule has 33 heavy (non-hydrogen) atoms. The summed E-state index contributed by atoms with van der Waals surface area (Å²) in [5, 5.41) is 13.0. The molecule has 0 radical (unpaired) electrons. The first-order valence-corrected chi connectivity index (χ1v) is 12.0. The molecule has 1 unspecified atom stereocenters. The summed E-state index contributed by atoms with van der Waals surface area (Å²) in [6, 6.07) is 11.8. The van der Waals surface area contributed by atoms with Crippen LogP contribution in [0.1, 0.15) is 55.7 Å². The van der Waals surface area contributed by atoms with Crippen molar-refractivity contribution in [2.75, 3.05) is 6.54 Å². The van der Waals surface area contributed by atoms with Gasteiger partial charge in [0.15, 0.2) is 0 Å². The molecule has 1 aliphatic heterocycles. The zero-order valence-corrected chi connectivity index (χ0v) is 19.5. The summed E-state index contributed by atoms with van der Waals surface area (Å²) >= 11 is 6.35. The molecule has 5 rings (SSSR count). The molecule has 7 nitrogen and oxygen atoms in total. The van der Waals surface area contributed by atoms with Gasteiger partial charge in [-0.2, -0.15) is 0 Å². The fourth-order valence-corrected chi connectivity index (χ4v) is 5.22. The van der Waals surface area contributed by atoms with Crippen molar-refractivity contribution in [2.45, 2.75) is 57.5 Å². The van der Waals surface area contributed by atoms with E-state index in [1.165, 1.54) is 5.56 Å². The van der Waals surface area contributed by atoms with Crippen LogP contribution in [0.3, 0.4) is 0 Å². The first kappa shape index (κ1) is 21.9. The van der Waals surface area contributed by atoms with Crippen molar-refractivity contribution in [1.29, 1.82) is 0 Å². The third-order valence-electron chi connectivity index (χ3n) is 6.62. The molecule has 172 valence electrons. The maximum absolute atomic E-state index is 11.5. The van der Waals surface area contributed by atoms with Crippen molar-refractivity contribution < 1.29 is 9.53 Å². The minimum Gasteiger partial charge on any atom is -0.474 e. The van der Waals surface area contributed by atoms with Gasteiger partial charge in [-0.3, -0.25) is 9.36 Å². The van der Waals surface area contributed by atoms with E-state index in [1.807, 2.05) is 30.3 Å². The SMILES string of the molecule is CC(=O)NCC1Cc2cc(Cl)ccc2-n2c(nnc2[C@H]2CC[C@H](Oc3ccccn3)CC2)C1. The highest BCUT2D eigenvalue weighted by atomic mass is 35.5. The largest absolute Gasteiger partial charge is 0.474 e. The molecular weight excluding hydrogens is 438 g/mol. The maximum Gasteiger partial charge on any atom is 0.216 e. The number of nitrogens with one attached hydrogen (secondary N) is 1. The third kappa shape index (κ3) is 4.88. The van der Waals surface area contributed by atoms with E-state index in [2.05, 4.69) is 31.1 Å². The van der Waals surface area contributed by atoms with Crippen LogP contribution >= 0.6 is 11.6 Å². The van der Waals surface area contributed by atoms with Gasteiger partial charge in [-0.15, -0.1) is 10.2 Å². The molecule has 3 heterocycles. The summed E-state index contributed by atoms with van der Waals surface area (Å²) in [5.74, 6) is 3.21. The quantitative estimate of drug-likeness (QED) is 0.608. The molecular formula is C25H28ClN5O2. The standard InChI is InChI=1S/C25H28ClN5O2/c1-16(32)28-15-17-12-19-14-20(26)7-10-22(19)31-23(13-17)29-30-25(31)18-5-8-21(9-6-18)33-24-4-2-3-11-27-24/h2-4,7,10-11,14,17-18,21H,5-6,8-9,12-13,15H2,1H3,(H,28,32)/t17?,18-,21-. The highest BCUT2D eigenvalue weighted by Crippen LogP contribution is 2.37. The first-order valence-electron chi connectivity index (χ1n) is 11.6. The van der Waals surface area contributed by atoms with Crippen LogP contribution in [-0.4, -0.2) is 38.3 Å². The van der Waals surface area contributed by atoms with E-state index in [9.17, 15) is 4.79 Å². The van der Waals surface area contributed by atoms with Crippen molar-refractivity contribution in [2.24, 2.45) is 5.92 Å². The van der Waals surface area contributed by atoms with Crippen LogP contribution in [0, 0.1) is 5.92 Å². The zero-order chi connectivity index (χ0) is 22.8. The molecule has 0 bridgehead atoms. The Labute approximate surface area is 198 Å². The van der Waals surface area contributed by atoms with Crippen LogP contribution in [0.4, 0.5) is 0 Å². The average Bonchev–Trinajstić information content (AvgIpc) is 3.15. The van der Waals surface area contributed by atoms with Crippen LogP contribution < -0.4 is 10.1 Å². The van der Waals surface area contributed by atoms with Crippen molar-refractivity contribution in [1.82, 2.24) is 25.1 Å². The van der Waals surface area contributed by atoms with Gasteiger partial charge in [0.1, 0.15) is 17.8 Å². The van der Waals surface area contributed by atoms with Crippen LogP contribution in [0.25, 0.3) is 5.69 Å². The van der Waals surface area contributed by atoms with Gasteiger partial charge in [0.25, 0.3) is 0 Å². The summed E-state index contributed by atoms with van der Waals surface area (Å²) in [6.45, 7) is 2.16. The number of nitrogens with zero attached hydrogens (tertiary/aromatic N) is 4. The average molecular weight is 466 g/mol. The molecule has 2 aromatic heterocycles. The fraction of sp³-hybridized carbons (Fsp3) is 0.440. The van der Waals surface area contributed by atoms with Gasteiger partial charge in [0.05, 0.1) is 5.69 Å². The molecule has 1 aromatic carbocycles. The maximum atomic E-state index is 11.5. The molecule has 8 heteroatoms. The number of aromatic nitrogens is 4. The van der Waals surface area contributed by atoms with Gasteiger partial charge in [-0.1, -0.05) is 17.7 Å². The minimum atomic E-state index is -0.0163. The Morgan fingerprint density at radius 3 is 2.76 bits per heavy atom. The lowest BCUT2D eigenvalue weighted by molar-refractivity contribution is -0.119. The summed E-state index contributed by atoms with van der Waals surface area (Å²) < 4.78 is 8.32. The number of benzene rings is 1. The Morgan fingerprint density at radius 2 is 2.00 bits per heavy atom. The summed E-state index contributed by atoms with van der Waals surface area (Å²) in [4.78, 5) is 15.8. The lowest BCUT2D eigenvalue weighted by Crippen LogP contribution is -2.29. The number of rotatable bonds is 5. The second-order valence-corrected chi connectivity index (χ2v) is 9.49. The van der Waals surface area contributed by atoms with Gasteiger partial charge in [0, 0.05) is 43.1 Å². The van der Waals surface area contributed by atoms with Crippen molar-refractivity contribution in [3.8, 4) is 11.6 Å². The van der Waals surface area contributed by atoms with Gasteiger partial charge in [-0.25, -0.2) is 4.98 Å². The normalized spacial score (nSPS) is 22.1. The zero-order valence-electron chi connectivity index (χ0n) is 18.7. The van der Waals surface area contributed by atoms with Crippen molar-refractivity contribution >= 4 is 17.5 Å². The van der Waals surface area contributed by atoms with Gasteiger partial charge in [0.2, 0.25) is 11.8 Å². The van der Waals surface area contributed by atoms with Crippen LogP contribution in [0.15, 0.2) is 42.6 Å². The van der Waals surface area contributed by atoms with Gasteiger partial charge in [-0.05, 0) is 67.9 Å². The first-order chi connectivity index (χ1) is 16.1. The molecule has 1 fully saturated rings. The Morgan fingerprint density at radius 1 is 1.15 bits per heavy atom. The monoisotopic (exact) mass is 465 g/mol. The molecule has 1 saturated carbocycles. The Hall–Kier alpha value is -2.93. The summed E-state index contributed by atoms with van der Waals surface area (Å²) in [6.07, 6.45) is 7.44. The third-order valence-corrected chi connectivity index (χ3v) is 6.86. The van der Waals surface area contributed by atoms with E-state index < -0.39 is 0 Å². The highest BCUT2D eigenvalue weighted by Gasteiger charge is 2.31. The number of amides is 1. The van der Waals surface area contributed by atoms with Crippen molar-refractivity contribution in [3.05, 3.63) is 64.8 Å². The number of ether oxygens (including phenoxy) is 1. The number of fused-ring (bicyclic) bond motifs is 3.